The number of rotatable bonds is 9. The van der Waals surface area contributed by atoms with Crippen LogP contribution in [0.3, 0.4) is 0 Å². The van der Waals surface area contributed by atoms with Crippen molar-refractivity contribution in [3.8, 4) is 5.75 Å². The molecule has 3 aromatic carbocycles. The molecule has 2 amide bonds. The smallest absolute Gasteiger partial charge is 0.338 e. The molecule has 3 aromatic rings. The maximum Gasteiger partial charge on any atom is 0.338 e. The first-order valence-electron chi connectivity index (χ1n) is 11.7. The Morgan fingerprint density at radius 1 is 0.943 bits per heavy atom. The lowest BCUT2D eigenvalue weighted by molar-refractivity contribution is -0.0470. The second-order valence-electron chi connectivity index (χ2n) is 8.63. The van der Waals surface area contributed by atoms with Crippen molar-refractivity contribution < 1.29 is 14.7 Å². The highest BCUT2D eigenvalue weighted by Crippen LogP contribution is 2.30. The van der Waals surface area contributed by atoms with E-state index in [2.05, 4.69) is 52.3 Å². The first kappa shape index (κ1) is 25.0. The number of hydroxylamine groups is 2. The molecule has 0 aliphatic carbocycles. The fourth-order valence-corrected chi connectivity index (χ4v) is 4.50. The Labute approximate surface area is 211 Å². The van der Waals surface area contributed by atoms with Crippen LogP contribution in [0.2, 0.25) is 5.02 Å². The monoisotopic (exact) mass is 494 g/mol. The molecule has 0 radical (unpaired) electrons. The van der Waals surface area contributed by atoms with Gasteiger partial charge in [0.2, 0.25) is 0 Å². The summed E-state index contributed by atoms with van der Waals surface area (Å²) in [5, 5.41) is 10.7. The molecule has 1 aliphatic rings. The zero-order valence-corrected chi connectivity index (χ0v) is 20.3. The van der Waals surface area contributed by atoms with Crippen molar-refractivity contribution in [2.45, 2.75) is 12.6 Å². The van der Waals surface area contributed by atoms with Crippen LogP contribution in [0.5, 0.6) is 5.75 Å². The Morgan fingerprint density at radius 3 is 2.20 bits per heavy atom. The summed E-state index contributed by atoms with van der Waals surface area (Å²) in [5.41, 5.74) is 8.34. The van der Waals surface area contributed by atoms with E-state index >= 15 is 0 Å². The van der Waals surface area contributed by atoms with Gasteiger partial charge in [0.1, 0.15) is 12.4 Å². The largest absolute Gasteiger partial charge is 0.492 e. The van der Waals surface area contributed by atoms with Gasteiger partial charge in [-0.05, 0) is 41.0 Å². The van der Waals surface area contributed by atoms with Crippen LogP contribution in [-0.2, 0) is 6.54 Å². The molecule has 0 unspecified atom stereocenters. The van der Waals surface area contributed by atoms with E-state index in [1.807, 2.05) is 24.3 Å². The SMILES string of the molecule is NC(=O)N(O)Cc1ccc(OCCN2CCN([C@@H](c3ccccc3)c3ccc(Cl)cc3)CC2)cc1. The first-order chi connectivity index (χ1) is 17.0. The van der Waals surface area contributed by atoms with E-state index in [0.717, 1.165) is 49.1 Å². The van der Waals surface area contributed by atoms with Gasteiger partial charge >= 0.3 is 6.03 Å². The zero-order valence-electron chi connectivity index (χ0n) is 19.6. The van der Waals surface area contributed by atoms with Gasteiger partial charge < -0.3 is 10.5 Å². The van der Waals surface area contributed by atoms with Gasteiger partial charge in [-0.1, -0.05) is 66.2 Å². The van der Waals surface area contributed by atoms with E-state index in [1.54, 1.807) is 12.1 Å². The third-order valence-electron chi connectivity index (χ3n) is 6.26. The van der Waals surface area contributed by atoms with Crippen LogP contribution in [0.1, 0.15) is 22.7 Å². The number of piperazine rings is 1. The van der Waals surface area contributed by atoms with Crippen molar-refractivity contribution in [2.24, 2.45) is 5.73 Å². The number of nitrogens with two attached hydrogens (primary N) is 1. The Balaban J connectivity index is 1.28. The van der Waals surface area contributed by atoms with Gasteiger partial charge in [0, 0.05) is 37.7 Å². The summed E-state index contributed by atoms with van der Waals surface area (Å²) in [6.45, 7) is 5.35. The van der Waals surface area contributed by atoms with Crippen molar-refractivity contribution in [1.29, 1.82) is 0 Å². The lowest BCUT2D eigenvalue weighted by Crippen LogP contribution is -2.48. The normalized spacial score (nSPS) is 15.5. The molecular weight excluding hydrogens is 464 g/mol. The molecule has 0 bridgehead atoms. The lowest BCUT2D eigenvalue weighted by Gasteiger charge is -2.39. The Kier molecular flexibility index (Phi) is 8.60. The highest BCUT2D eigenvalue weighted by atomic mass is 35.5. The number of benzene rings is 3. The van der Waals surface area contributed by atoms with Gasteiger partial charge in [0.25, 0.3) is 0 Å². The summed E-state index contributed by atoms with van der Waals surface area (Å²) in [4.78, 5) is 15.9. The highest BCUT2D eigenvalue weighted by molar-refractivity contribution is 6.30. The predicted octanol–water partition coefficient (Wildman–Crippen LogP) is 4.40. The second-order valence-corrected chi connectivity index (χ2v) is 9.07. The number of hydrogen-bond acceptors (Lipinski definition) is 5. The molecule has 7 nitrogen and oxygen atoms in total. The number of ether oxygens (including phenoxy) is 1. The predicted molar refractivity (Wildman–Crippen MR) is 137 cm³/mol. The highest BCUT2D eigenvalue weighted by Gasteiger charge is 2.26. The molecule has 0 spiro atoms. The van der Waals surface area contributed by atoms with Crippen LogP contribution in [0.25, 0.3) is 0 Å². The molecule has 1 fully saturated rings. The van der Waals surface area contributed by atoms with E-state index < -0.39 is 6.03 Å². The van der Waals surface area contributed by atoms with Crippen molar-refractivity contribution in [3.05, 3.63) is 101 Å². The third kappa shape index (κ3) is 6.96. The fourth-order valence-electron chi connectivity index (χ4n) is 4.37. The maximum absolute atomic E-state index is 10.9. The van der Waals surface area contributed by atoms with Crippen LogP contribution in [-0.4, -0.2) is 65.4 Å². The van der Waals surface area contributed by atoms with Crippen molar-refractivity contribution in [3.63, 3.8) is 0 Å². The summed E-state index contributed by atoms with van der Waals surface area (Å²) in [6, 6.07) is 25.4. The molecule has 0 aromatic heterocycles. The fraction of sp³-hybridized carbons (Fsp3) is 0.296. The van der Waals surface area contributed by atoms with Crippen LogP contribution in [0.4, 0.5) is 4.79 Å². The Morgan fingerprint density at radius 2 is 1.57 bits per heavy atom. The average molecular weight is 495 g/mol. The third-order valence-corrected chi connectivity index (χ3v) is 6.51. The number of nitrogens with zero attached hydrogens (tertiary/aromatic N) is 3. The van der Waals surface area contributed by atoms with E-state index in [-0.39, 0.29) is 12.6 Å². The maximum atomic E-state index is 10.9. The molecule has 35 heavy (non-hydrogen) atoms. The number of halogens is 1. The van der Waals surface area contributed by atoms with E-state index in [0.29, 0.717) is 11.7 Å². The van der Waals surface area contributed by atoms with E-state index in [9.17, 15) is 10.0 Å². The number of hydrogen-bond donors (Lipinski definition) is 2. The number of amides is 2. The molecule has 1 atom stereocenters. The Bertz CT molecular complexity index is 1070. The number of urea groups is 1. The Hall–Kier alpha value is -3.10. The quantitative estimate of drug-likeness (QED) is 0.340. The molecule has 1 heterocycles. The van der Waals surface area contributed by atoms with Gasteiger partial charge in [0.15, 0.2) is 0 Å². The van der Waals surface area contributed by atoms with Gasteiger partial charge in [-0.25, -0.2) is 9.86 Å². The summed E-state index contributed by atoms with van der Waals surface area (Å²) >= 11 is 6.14. The van der Waals surface area contributed by atoms with Crippen LogP contribution in [0.15, 0.2) is 78.9 Å². The first-order valence-corrected chi connectivity index (χ1v) is 12.1. The van der Waals surface area contributed by atoms with E-state index in [1.165, 1.54) is 11.1 Å². The van der Waals surface area contributed by atoms with Gasteiger partial charge in [-0.2, -0.15) is 0 Å². The summed E-state index contributed by atoms with van der Waals surface area (Å²) in [5.74, 6) is 0.753. The molecule has 8 heteroatoms. The topological polar surface area (TPSA) is 82.3 Å². The standard InChI is InChI=1S/C27H31ClN4O3/c28-24-10-8-23(9-11-24)26(22-4-2-1-3-5-22)31-16-14-30(15-17-31)18-19-35-25-12-6-21(7-13-25)20-32(34)27(29)33/h1-13,26,34H,14-20H2,(H2,29,33)/t26-/m0/s1. The molecule has 3 N–H and O–H groups in total. The number of primary amides is 1. The minimum absolute atomic E-state index is 0.0416. The van der Waals surface area contributed by atoms with Crippen LogP contribution in [0, 0.1) is 0 Å². The van der Waals surface area contributed by atoms with Crippen molar-refractivity contribution >= 4 is 17.6 Å². The van der Waals surface area contributed by atoms with Crippen LogP contribution < -0.4 is 10.5 Å². The molecule has 1 aliphatic heterocycles. The molecule has 4 rings (SSSR count). The molecule has 184 valence electrons. The minimum Gasteiger partial charge on any atom is -0.492 e. The number of carbonyl (C=O) groups excluding carboxylic acids is 1. The average Bonchev–Trinajstić information content (AvgIpc) is 2.88. The van der Waals surface area contributed by atoms with Crippen LogP contribution >= 0.6 is 11.6 Å². The second kappa shape index (κ2) is 12.0. The molecule has 1 saturated heterocycles. The summed E-state index contributed by atoms with van der Waals surface area (Å²) in [7, 11) is 0. The minimum atomic E-state index is -0.881. The zero-order chi connectivity index (χ0) is 24.6. The van der Waals surface area contributed by atoms with Gasteiger partial charge in [-0.3, -0.25) is 15.0 Å². The lowest BCUT2D eigenvalue weighted by atomic mass is 9.96. The van der Waals surface area contributed by atoms with Gasteiger partial charge in [0.05, 0.1) is 12.6 Å². The van der Waals surface area contributed by atoms with Crippen molar-refractivity contribution in [2.75, 3.05) is 39.3 Å². The summed E-state index contributed by atoms with van der Waals surface area (Å²) < 4.78 is 5.90. The number of carbonyl (C=O) groups is 1. The van der Waals surface area contributed by atoms with Crippen molar-refractivity contribution in [1.82, 2.24) is 14.9 Å². The van der Waals surface area contributed by atoms with Gasteiger partial charge in [-0.15, -0.1) is 0 Å². The van der Waals surface area contributed by atoms with E-state index in [4.69, 9.17) is 22.1 Å². The molecular formula is C27H31ClN4O3. The summed E-state index contributed by atoms with van der Waals surface area (Å²) in [6.07, 6.45) is 0. The molecule has 0 saturated carbocycles.